The van der Waals surface area contributed by atoms with E-state index in [4.69, 9.17) is 39.5 Å². The first-order valence-corrected chi connectivity index (χ1v) is 12.2. The van der Waals surface area contributed by atoms with Crippen LogP contribution in [0, 0.1) is 5.92 Å². The number of ether oxygens (including phenoxy) is 1. The van der Waals surface area contributed by atoms with E-state index in [1.807, 2.05) is 17.0 Å². The number of pyridine rings is 2. The summed E-state index contributed by atoms with van der Waals surface area (Å²) < 4.78 is 5.81. The number of benzene rings is 1. The molecule has 1 aliphatic heterocycles. The van der Waals surface area contributed by atoms with Crippen molar-refractivity contribution in [1.29, 1.82) is 0 Å². The van der Waals surface area contributed by atoms with E-state index >= 15 is 0 Å². The highest BCUT2D eigenvalue weighted by Crippen LogP contribution is 2.38. The Bertz CT molecular complexity index is 1210. The molecule has 7 nitrogen and oxygen atoms in total. The molecule has 1 aromatic carbocycles. The standard InChI is InChI=1S/C25H23Cl3N4O3/c1-15(33)31-23-6-3-17(11-29-23)25(34)32-13-18(8-9-35-24-7-4-19(26)12-30-24)20(14-32)16-2-5-21(27)22(28)10-16/h2-7,10-12,18,20H,8-9,13-14H2,1H3,(H,29,31,33)/t18-,20-/m1/s1. The van der Waals surface area contributed by atoms with E-state index in [-0.39, 0.29) is 23.7 Å². The third kappa shape index (κ3) is 6.42. The molecule has 0 radical (unpaired) electrons. The Morgan fingerprint density at radius 3 is 2.51 bits per heavy atom. The number of carbonyl (C=O) groups excluding carboxylic acids is 2. The smallest absolute Gasteiger partial charge is 0.255 e. The normalized spacial score (nSPS) is 17.3. The number of nitrogens with one attached hydrogen (secondary N) is 1. The SMILES string of the molecule is CC(=O)Nc1ccc(C(=O)N2C[C@@H](CCOc3ccc(Cl)cn3)[C@@H](c3ccc(Cl)c(Cl)c3)C2)cn1. The van der Waals surface area contributed by atoms with Crippen molar-refractivity contribution in [2.45, 2.75) is 19.3 Å². The molecular formula is C25H23Cl3N4O3. The summed E-state index contributed by atoms with van der Waals surface area (Å²) in [5.74, 6) is 0.739. The number of nitrogens with zero attached hydrogens (tertiary/aromatic N) is 3. The van der Waals surface area contributed by atoms with Gasteiger partial charge in [-0.2, -0.15) is 0 Å². The zero-order chi connectivity index (χ0) is 24.9. The van der Waals surface area contributed by atoms with Crippen LogP contribution in [0.15, 0.2) is 54.9 Å². The Labute approximate surface area is 218 Å². The molecule has 182 valence electrons. The first-order chi connectivity index (χ1) is 16.8. The van der Waals surface area contributed by atoms with Crippen LogP contribution in [0.25, 0.3) is 0 Å². The lowest BCUT2D eigenvalue weighted by Gasteiger charge is -2.19. The van der Waals surface area contributed by atoms with E-state index in [9.17, 15) is 9.59 Å². The summed E-state index contributed by atoms with van der Waals surface area (Å²) in [6.07, 6.45) is 3.72. The summed E-state index contributed by atoms with van der Waals surface area (Å²) in [7, 11) is 0. The second-order valence-electron chi connectivity index (χ2n) is 8.32. The minimum atomic E-state index is -0.223. The Kier molecular flexibility index (Phi) is 8.11. The lowest BCUT2D eigenvalue weighted by molar-refractivity contribution is -0.114. The van der Waals surface area contributed by atoms with E-state index in [1.165, 1.54) is 19.3 Å². The monoisotopic (exact) mass is 532 g/mol. The Hall–Kier alpha value is -2.87. The number of halogens is 3. The zero-order valence-corrected chi connectivity index (χ0v) is 21.1. The van der Waals surface area contributed by atoms with Crippen molar-refractivity contribution >= 4 is 52.4 Å². The number of hydrogen-bond donors (Lipinski definition) is 1. The van der Waals surface area contributed by atoms with Gasteiger partial charge in [0.25, 0.3) is 5.91 Å². The van der Waals surface area contributed by atoms with Crippen LogP contribution in [0.3, 0.4) is 0 Å². The molecule has 1 fully saturated rings. The number of amides is 2. The second-order valence-corrected chi connectivity index (χ2v) is 9.57. The van der Waals surface area contributed by atoms with Gasteiger partial charge >= 0.3 is 0 Å². The maximum Gasteiger partial charge on any atom is 0.255 e. The van der Waals surface area contributed by atoms with E-state index in [2.05, 4.69) is 15.3 Å². The summed E-state index contributed by atoms with van der Waals surface area (Å²) in [6, 6.07) is 12.3. The number of aromatic nitrogens is 2. The summed E-state index contributed by atoms with van der Waals surface area (Å²) >= 11 is 18.3. The summed E-state index contributed by atoms with van der Waals surface area (Å²) in [4.78, 5) is 34.6. The number of rotatable bonds is 7. The van der Waals surface area contributed by atoms with Gasteiger partial charge in [0.05, 0.1) is 27.2 Å². The fraction of sp³-hybridized carbons (Fsp3) is 0.280. The Morgan fingerprint density at radius 2 is 1.86 bits per heavy atom. The molecule has 2 aromatic heterocycles. The lowest BCUT2D eigenvalue weighted by atomic mass is 9.87. The second kappa shape index (κ2) is 11.2. The molecule has 3 heterocycles. The molecule has 1 saturated heterocycles. The van der Waals surface area contributed by atoms with E-state index in [1.54, 1.807) is 30.3 Å². The highest BCUT2D eigenvalue weighted by molar-refractivity contribution is 6.42. The highest BCUT2D eigenvalue weighted by atomic mass is 35.5. The summed E-state index contributed by atoms with van der Waals surface area (Å²) in [5.41, 5.74) is 1.47. The van der Waals surface area contributed by atoms with Crippen molar-refractivity contribution in [3.63, 3.8) is 0 Å². The van der Waals surface area contributed by atoms with E-state index < -0.39 is 0 Å². The van der Waals surface area contributed by atoms with Crippen LogP contribution >= 0.6 is 34.8 Å². The van der Waals surface area contributed by atoms with E-state index in [0.717, 1.165) is 5.56 Å². The van der Waals surface area contributed by atoms with Gasteiger partial charge in [0.1, 0.15) is 5.82 Å². The topological polar surface area (TPSA) is 84.4 Å². The molecular weight excluding hydrogens is 511 g/mol. The van der Waals surface area contributed by atoms with Crippen LogP contribution in [0.1, 0.15) is 35.2 Å². The van der Waals surface area contributed by atoms with Crippen molar-refractivity contribution in [3.8, 4) is 5.88 Å². The number of anilines is 1. The first kappa shape index (κ1) is 25.2. The molecule has 4 rings (SSSR count). The molecule has 0 bridgehead atoms. The van der Waals surface area contributed by atoms with Crippen LogP contribution < -0.4 is 10.1 Å². The number of hydrogen-bond acceptors (Lipinski definition) is 5. The summed E-state index contributed by atoms with van der Waals surface area (Å²) in [5, 5.41) is 4.11. The molecule has 3 aromatic rings. The Morgan fingerprint density at radius 1 is 1.03 bits per heavy atom. The van der Waals surface area contributed by atoms with Crippen LogP contribution in [0.4, 0.5) is 5.82 Å². The number of likely N-dealkylation sites (tertiary alicyclic amines) is 1. The average molecular weight is 534 g/mol. The van der Waals surface area contributed by atoms with Crippen LogP contribution in [0.5, 0.6) is 5.88 Å². The maximum absolute atomic E-state index is 13.2. The third-order valence-corrected chi connectivity index (χ3v) is 6.82. The molecule has 35 heavy (non-hydrogen) atoms. The van der Waals surface area contributed by atoms with Gasteiger partial charge in [0, 0.05) is 44.4 Å². The largest absolute Gasteiger partial charge is 0.478 e. The minimum Gasteiger partial charge on any atom is -0.478 e. The zero-order valence-electron chi connectivity index (χ0n) is 18.9. The maximum atomic E-state index is 13.2. The summed E-state index contributed by atoms with van der Waals surface area (Å²) in [6.45, 7) is 2.91. The van der Waals surface area contributed by atoms with Gasteiger partial charge in [-0.15, -0.1) is 0 Å². The Balaban J connectivity index is 1.48. The van der Waals surface area contributed by atoms with Crippen LogP contribution in [0.2, 0.25) is 15.1 Å². The van der Waals surface area contributed by atoms with Gasteiger partial charge in [-0.1, -0.05) is 40.9 Å². The molecule has 1 aliphatic rings. The molecule has 0 saturated carbocycles. The van der Waals surface area contributed by atoms with Gasteiger partial charge in [-0.25, -0.2) is 9.97 Å². The van der Waals surface area contributed by atoms with Crippen molar-refractivity contribution in [2.24, 2.45) is 5.92 Å². The first-order valence-electron chi connectivity index (χ1n) is 11.0. The quantitative estimate of drug-likeness (QED) is 0.420. The fourth-order valence-corrected chi connectivity index (χ4v) is 4.59. The predicted octanol–water partition coefficient (Wildman–Crippen LogP) is 5.72. The van der Waals surface area contributed by atoms with Crippen LogP contribution in [-0.2, 0) is 4.79 Å². The van der Waals surface area contributed by atoms with Gasteiger partial charge in [-0.3, -0.25) is 9.59 Å². The minimum absolute atomic E-state index is 0.0575. The molecule has 2 amide bonds. The predicted molar refractivity (Wildman–Crippen MR) is 136 cm³/mol. The molecule has 10 heteroatoms. The van der Waals surface area contributed by atoms with Gasteiger partial charge in [0.15, 0.2) is 0 Å². The molecule has 1 N–H and O–H groups in total. The molecule has 0 unspecified atom stereocenters. The molecule has 2 atom stereocenters. The average Bonchev–Trinajstić information content (AvgIpc) is 3.26. The third-order valence-electron chi connectivity index (χ3n) is 5.85. The van der Waals surface area contributed by atoms with Crippen molar-refractivity contribution in [1.82, 2.24) is 14.9 Å². The van der Waals surface area contributed by atoms with Crippen LogP contribution in [-0.4, -0.2) is 46.4 Å². The van der Waals surface area contributed by atoms with E-state index in [0.29, 0.717) is 58.4 Å². The van der Waals surface area contributed by atoms with Gasteiger partial charge in [-0.05, 0) is 48.2 Å². The van der Waals surface area contributed by atoms with Crippen molar-refractivity contribution in [2.75, 3.05) is 25.0 Å². The van der Waals surface area contributed by atoms with Gasteiger partial charge < -0.3 is 15.0 Å². The molecule has 0 aliphatic carbocycles. The van der Waals surface area contributed by atoms with Crippen molar-refractivity contribution < 1.29 is 14.3 Å². The lowest BCUT2D eigenvalue weighted by Crippen LogP contribution is -2.29. The highest BCUT2D eigenvalue weighted by Gasteiger charge is 2.36. The fourth-order valence-electron chi connectivity index (χ4n) is 4.17. The van der Waals surface area contributed by atoms with Gasteiger partial charge in [0.2, 0.25) is 11.8 Å². The molecule has 0 spiro atoms. The van der Waals surface area contributed by atoms with Crippen molar-refractivity contribution in [3.05, 3.63) is 81.1 Å². The number of carbonyl (C=O) groups is 2.